The van der Waals surface area contributed by atoms with E-state index in [1.165, 1.54) is 6.07 Å². The summed E-state index contributed by atoms with van der Waals surface area (Å²) in [6, 6.07) is 5.08. The second-order valence-electron chi connectivity index (χ2n) is 3.46. The number of aromatic nitrogens is 3. The maximum Gasteiger partial charge on any atom is 0.276 e. The van der Waals surface area contributed by atoms with Crippen molar-refractivity contribution < 1.29 is 4.79 Å². The molecule has 17 heavy (non-hydrogen) atoms. The summed E-state index contributed by atoms with van der Waals surface area (Å²) in [5.74, 6) is 0.141. The van der Waals surface area contributed by atoms with Crippen LogP contribution in [0.2, 0.25) is 0 Å². The van der Waals surface area contributed by atoms with Crippen molar-refractivity contribution in [3.63, 3.8) is 0 Å². The molecule has 6 heteroatoms. The van der Waals surface area contributed by atoms with Gasteiger partial charge in [0, 0.05) is 30.7 Å². The van der Waals surface area contributed by atoms with E-state index in [2.05, 4.69) is 15.2 Å². The Morgan fingerprint density at radius 2 is 2.18 bits per heavy atom. The Morgan fingerprint density at radius 3 is 2.71 bits per heavy atom. The van der Waals surface area contributed by atoms with Gasteiger partial charge in [0.15, 0.2) is 0 Å². The molecule has 0 fully saturated rings. The van der Waals surface area contributed by atoms with Crippen molar-refractivity contribution in [1.82, 2.24) is 15.2 Å². The van der Waals surface area contributed by atoms with Crippen LogP contribution in [0.5, 0.6) is 0 Å². The summed E-state index contributed by atoms with van der Waals surface area (Å²) < 4.78 is 0. The summed E-state index contributed by atoms with van der Waals surface area (Å²) in [6.07, 6.45) is 3.29. The zero-order chi connectivity index (χ0) is 12.3. The molecule has 2 heterocycles. The number of hydrogen-bond donors (Lipinski definition) is 2. The molecular weight excluding hydrogens is 218 g/mol. The van der Waals surface area contributed by atoms with E-state index >= 15 is 0 Å². The SMILES string of the molecule is CCN(C(=O)c1cc(N)n[nH]1)c1ccncc1. The third-order valence-electron chi connectivity index (χ3n) is 2.36. The number of aromatic amines is 1. The van der Waals surface area contributed by atoms with E-state index in [-0.39, 0.29) is 5.91 Å². The lowest BCUT2D eigenvalue weighted by atomic mass is 10.3. The maximum atomic E-state index is 12.2. The fourth-order valence-electron chi connectivity index (χ4n) is 1.56. The average molecular weight is 231 g/mol. The number of nitrogens with two attached hydrogens (primary N) is 1. The number of amides is 1. The van der Waals surface area contributed by atoms with Crippen molar-refractivity contribution >= 4 is 17.4 Å². The number of nitrogens with zero attached hydrogens (tertiary/aromatic N) is 3. The van der Waals surface area contributed by atoms with Crippen LogP contribution in [0.4, 0.5) is 11.5 Å². The third kappa shape index (κ3) is 2.25. The van der Waals surface area contributed by atoms with Gasteiger partial charge in [0.25, 0.3) is 5.91 Å². The smallest absolute Gasteiger partial charge is 0.276 e. The molecule has 2 rings (SSSR count). The third-order valence-corrected chi connectivity index (χ3v) is 2.36. The van der Waals surface area contributed by atoms with Crippen LogP contribution >= 0.6 is 0 Å². The van der Waals surface area contributed by atoms with E-state index in [9.17, 15) is 4.79 Å². The second-order valence-corrected chi connectivity index (χ2v) is 3.46. The molecule has 0 aliphatic heterocycles. The molecule has 0 aromatic carbocycles. The second kappa shape index (κ2) is 4.65. The first kappa shape index (κ1) is 11.1. The van der Waals surface area contributed by atoms with Gasteiger partial charge in [0.2, 0.25) is 0 Å². The minimum atomic E-state index is -0.164. The van der Waals surface area contributed by atoms with E-state index in [1.807, 2.05) is 6.92 Å². The number of carbonyl (C=O) groups is 1. The number of nitrogens with one attached hydrogen (secondary N) is 1. The van der Waals surface area contributed by atoms with Gasteiger partial charge in [-0.1, -0.05) is 0 Å². The minimum absolute atomic E-state index is 0.164. The molecule has 0 atom stereocenters. The molecule has 0 saturated heterocycles. The van der Waals surface area contributed by atoms with E-state index in [4.69, 9.17) is 5.73 Å². The van der Waals surface area contributed by atoms with Crippen LogP contribution in [0.3, 0.4) is 0 Å². The molecule has 0 spiro atoms. The van der Waals surface area contributed by atoms with Crippen LogP contribution < -0.4 is 10.6 Å². The highest BCUT2D eigenvalue weighted by Gasteiger charge is 2.17. The quantitative estimate of drug-likeness (QED) is 0.826. The van der Waals surface area contributed by atoms with Gasteiger partial charge in [0.1, 0.15) is 11.5 Å². The predicted octanol–water partition coefficient (Wildman–Crippen LogP) is 1.05. The van der Waals surface area contributed by atoms with Gasteiger partial charge < -0.3 is 10.6 Å². The first-order valence-corrected chi connectivity index (χ1v) is 5.25. The van der Waals surface area contributed by atoms with Crippen molar-refractivity contribution in [3.05, 3.63) is 36.3 Å². The Bertz CT molecular complexity index is 508. The summed E-state index contributed by atoms with van der Waals surface area (Å²) in [5, 5.41) is 6.35. The predicted molar refractivity (Wildman–Crippen MR) is 64.6 cm³/mol. The number of nitrogen functional groups attached to an aromatic ring is 1. The number of rotatable bonds is 3. The van der Waals surface area contributed by atoms with Gasteiger partial charge in [-0.2, -0.15) is 5.10 Å². The molecule has 88 valence electrons. The standard InChI is InChI=1S/C11H13N5O/c1-2-16(8-3-5-13-6-4-8)11(17)9-7-10(12)15-14-9/h3-7H,2H2,1H3,(H3,12,14,15). The average Bonchev–Trinajstić information content (AvgIpc) is 2.78. The van der Waals surface area contributed by atoms with Crippen molar-refractivity contribution in [2.24, 2.45) is 0 Å². The molecule has 3 N–H and O–H groups in total. The van der Waals surface area contributed by atoms with Gasteiger partial charge in [-0.15, -0.1) is 0 Å². The number of anilines is 2. The van der Waals surface area contributed by atoms with Gasteiger partial charge in [-0.25, -0.2) is 0 Å². The van der Waals surface area contributed by atoms with E-state index in [0.717, 1.165) is 5.69 Å². The molecule has 1 amide bonds. The van der Waals surface area contributed by atoms with Crippen molar-refractivity contribution in [3.8, 4) is 0 Å². The summed E-state index contributed by atoms with van der Waals surface area (Å²) in [4.78, 5) is 17.7. The lowest BCUT2D eigenvalue weighted by Crippen LogP contribution is -2.30. The van der Waals surface area contributed by atoms with Crippen LogP contribution in [0.1, 0.15) is 17.4 Å². The largest absolute Gasteiger partial charge is 0.382 e. The van der Waals surface area contributed by atoms with E-state index < -0.39 is 0 Å². The van der Waals surface area contributed by atoms with E-state index in [0.29, 0.717) is 18.1 Å². The van der Waals surface area contributed by atoms with Gasteiger partial charge in [-0.3, -0.25) is 14.9 Å². The summed E-state index contributed by atoms with van der Waals surface area (Å²) >= 11 is 0. The first-order valence-electron chi connectivity index (χ1n) is 5.25. The normalized spacial score (nSPS) is 10.2. The molecule has 0 aliphatic rings. The number of carbonyl (C=O) groups excluding carboxylic acids is 1. The van der Waals surface area contributed by atoms with Crippen LogP contribution in [0.15, 0.2) is 30.6 Å². The molecule has 0 aliphatic carbocycles. The van der Waals surface area contributed by atoms with Gasteiger partial charge in [0.05, 0.1) is 0 Å². The number of pyridine rings is 1. The molecule has 6 nitrogen and oxygen atoms in total. The maximum absolute atomic E-state index is 12.2. The summed E-state index contributed by atoms with van der Waals surface area (Å²) in [7, 11) is 0. The monoisotopic (exact) mass is 231 g/mol. The van der Waals surface area contributed by atoms with Crippen LogP contribution in [0.25, 0.3) is 0 Å². The van der Waals surface area contributed by atoms with Crippen LogP contribution in [0, 0.1) is 0 Å². The molecule has 2 aromatic heterocycles. The Hall–Kier alpha value is -2.37. The topological polar surface area (TPSA) is 87.9 Å². The highest BCUT2D eigenvalue weighted by Crippen LogP contribution is 2.15. The molecule has 0 unspecified atom stereocenters. The van der Waals surface area contributed by atoms with Crippen LogP contribution in [-0.2, 0) is 0 Å². The zero-order valence-electron chi connectivity index (χ0n) is 9.42. The minimum Gasteiger partial charge on any atom is -0.382 e. The molecule has 0 radical (unpaired) electrons. The molecule has 0 saturated carbocycles. The van der Waals surface area contributed by atoms with Gasteiger partial charge in [-0.05, 0) is 19.1 Å². The first-order chi connectivity index (χ1) is 8.22. The zero-order valence-corrected chi connectivity index (χ0v) is 9.42. The molecule has 0 bridgehead atoms. The summed E-state index contributed by atoms with van der Waals surface area (Å²) in [5.41, 5.74) is 6.64. The Labute approximate surface area is 98.5 Å². The molecular formula is C11H13N5O. The highest BCUT2D eigenvalue weighted by molar-refractivity contribution is 6.05. The molecule has 2 aromatic rings. The fourth-order valence-corrected chi connectivity index (χ4v) is 1.56. The van der Waals surface area contributed by atoms with E-state index in [1.54, 1.807) is 29.4 Å². The van der Waals surface area contributed by atoms with Crippen molar-refractivity contribution in [1.29, 1.82) is 0 Å². The van der Waals surface area contributed by atoms with Crippen molar-refractivity contribution in [2.75, 3.05) is 17.2 Å². The number of H-pyrrole nitrogens is 1. The van der Waals surface area contributed by atoms with Crippen LogP contribution in [-0.4, -0.2) is 27.6 Å². The van der Waals surface area contributed by atoms with Gasteiger partial charge >= 0.3 is 0 Å². The Balaban J connectivity index is 2.28. The fraction of sp³-hybridized carbons (Fsp3) is 0.182. The lowest BCUT2D eigenvalue weighted by Gasteiger charge is -2.19. The summed E-state index contributed by atoms with van der Waals surface area (Å²) in [6.45, 7) is 2.46. The highest BCUT2D eigenvalue weighted by atomic mass is 16.2. The van der Waals surface area contributed by atoms with Crippen molar-refractivity contribution in [2.45, 2.75) is 6.92 Å². The lowest BCUT2D eigenvalue weighted by molar-refractivity contribution is 0.0983. The Kier molecular flexibility index (Phi) is 3.04. The Morgan fingerprint density at radius 1 is 1.47 bits per heavy atom. The number of hydrogen-bond acceptors (Lipinski definition) is 4.